The number of rotatable bonds is 3. The van der Waals surface area contributed by atoms with Gasteiger partial charge in [-0.25, -0.2) is 0 Å². The molecule has 0 aliphatic rings. The number of nitrogens with one attached hydrogen (secondary N) is 1. The highest BCUT2D eigenvalue weighted by Gasteiger charge is 2.31. The minimum absolute atomic E-state index is 0.0547. The van der Waals surface area contributed by atoms with Crippen LogP contribution in [0.3, 0.4) is 0 Å². The minimum Gasteiger partial charge on any atom is -0.320 e. The molecular formula is C16H10ClF3N2OS. The Bertz CT molecular complexity index is 850. The maximum atomic E-state index is 12.7. The molecule has 0 saturated carbocycles. The number of amides is 1. The maximum absolute atomic E-state index is 12.7. The van der Waals surface area contributed by atoms with Crippen molar-refractivity contribution >= 4 is 40.6 Å². The summed E-state index contributed by atoms with van der Waals surface area (Å²) in [5.41, 5.74) is -0.494. The zero-order chi connectivity index (χ0) is 17.9. The number of thiophene rings is 1. The highest BCUT2D eigenvalue weighted by Crippen LogP contribution is 2.34. The summed E-state index contributed by atoms with van der Waals surface area (Å²) >= 11 is 7.17. The normalized spacial score (nSPS) is 11.9. The van der Waals surface area contributed by atoms with Crippen LogP contribution in [-0.2, 0) is 11.0 Å². The van der Waals surface area contributed by atoms with Gasteiger partial charge in [-0.05, 0) is 48.2 Å². The number of carbonyl (C=O) groups is 1. The van der Waals surface area contributed by atoms with E-state index in [-0.39, 0.29) is 16.3 Å². The molecule has 0 spiro atoms. The quantitative estimate of drug-likeness (QED) is 0.590. The van der Waals surface area contributed by atoms with Gasteiger partial charge in [-0.15, -0.1) is 11.3 Å². The van der Waals surface area contributed by atoms with Gasteiger partial charge in [0.25, 0.3) is 5.91 Å². The van der Waals surface area contributed by atoms with Gasteiger partial charge in [0.05, 0.1) is 16.3 Å². The van der Waals surface area contributed by atoms with Gasteiger partial charge in [-0.1, -0.05) is 11.6 Å². The maximum Gasteiger partial charge on any atom is 0.416 e. The third-order valence-corrected chi connectivity index (χ3v) is 4.38. The Labute approximate surface area is 145 Å². The monoisotopic (exact) mass is 370 g/mol. The Kier molecular flexibility index (Phi) is 5.32. The molecule has 0 bridgehead atoms. The van der Waals surface area contributed by atoms with E-state index < -0.39 is 17.6 Å². The molecule has 2 rings (SSSR count). The fourth-order valence-electron chi connectivity index (χ4n) is 1.80. The molecule has 0 aliphatic heterocycles. The summed E-state index contributed by atoms with van der Waals surface area (Å²) in [7, 11) is 0. The molecule has 0 unspecified atom stereocenters. The van der Waals surface area contributed by atoms with Gasteiger partial charge in [0.1, 0.15) is 11.6 Å². The summed E-state index contributed by atoms with van der Waals surface area (Å²) in [6.45, 7) is 1.82. The predicted octanol–water partition coefficient (Wildman–Crippen LogP) is 5.27. The zero-order valence-electron chi connectivity index (χ0n) is 12.2. The summed E-state index contributed by atoms with van der Waals surface area (Å²) in [6.07, 6.45) is -3.18. The minimum atomic E-state index is -4.56. The van der Waals surface area contributed by atoms with Crippen LogP contribution in [0.25, 0.3) is 6.08 Å². The van der Waals surface area contributed by atoms with E-state index in [0.29, 0.717) is 0 Å². The molecule has 2 aromatic rings. The van der Waals surface area contributed by atoms with Crippen molar-refractivity contribution in [3.05, 3.63) is 56.2 Å². The summed E-state index contributed by atoms with van der Waals surface area (Å²) in [5.74, 6) is -0.827. The van der Waals surface area contributed by atoms with Crippen LogP contribution >= 0.6 is 22.9 Å². The molecule has 0 aliphatic carbocycles. The molecule has 0 radical (unpaired) electrons. The highest BCUT2D eigenvalue weighted by atomic mass is 35.5. The molecule has 1 aromatic heterocycles. The Morgan fingerprint density at radius 2 is 2.08 bits per heavy atom. The summed E-state index contributed by atoms with van der Waals surface area (Å²) in [4.78, 5) is 12.9. The predicted molar refractivity (Wildman–Crippen MR) is 87.7 cm³/mol. The van der Waals surface area contributed by atoms with Crippen molar-refractivity contribution < 1.29 is 18.0 Å². The lowest BCUT2D eigenvalue weighted by Gasteiger charge is -2.11. The molecule has 8 heteroatoms. The van der Waals surface area contributed by atoms with Crippen LogP contribution in [0.2, 0.25) is 5.02 Å². The lowest BCUT2D eigenvalue weighted by molar-refractivity contribution is -0.137. The lowest BCUT2D eigenvalue weighted by Crippen LogP contribution is -2.15. The molecule has 1 aromatic carbocycles. The second-order valence-corrected chi connectivity index (χ2v) is 6.14. The average molecular weight is 371 g/mol. The van der Waals surface area contributed by atoms with Crippen LogP contribution in [-0.4, -0.2) is 5.91 Å². The third kappa shape index (κ3) is 4.16. The van der Waals surface area contributed by atoms with E-state index in [2.05, 4.69) is 5.32 Å². The first kappa shape index (κ1) is 18.0. The zero-order valence-corrected chi connectivity index (χ0v) is 13.8. The molecule has 3 nitrogen and oxygen atoms in total. The number of carbonyl (C=O) groups excluding carboxylic acids is 1. The van der Waals surface area contributed by atoms with Crippen molar-refractivity contribution in [3.63, 3.8) is 0 Å². The topological polar surface area (TPSA) is 52.9 Å². The van der Waals surface area contributed by atoms with Crippen molar-refractivity contribution in [2.45, 2.75) is 13.1 Å². The average Bonchev–Trinajstić information content (AvgIpc) is 2.90. The molecule has 1 heterocycles. The first-order valence-corrected chi connectivity index (χ1v) is 7.82. The van der Waals surface area contributed by atoms with Gasteiger partial charge in [-0.3, -0.25) is 4.79 Å². The molecule has 1 amide bonds. The van der Waals surface area contributed by atoms with Crippen molar-refractivity contribution in [2.75, 3.05) is 5.32 Å². The number of halogens is 4. The molecule has 0 atom stereocenters. The van der Waals surface area contributed by atoms with Crippen LogP contribution in [0.15, 0.2) is 35.2 Å². The van der Waals surface area contributed by atoms with Gasteiger partial charge in [-0.2, -0.15) is 18.4 Å². The summed E-state index contributed by atoms with van der Waals surface area (Å²) < 4.78 is 38.2. The standard InChI is InChI=1S/C16H10ClF3N2OS/c1-9-4-5-24-14(9)6-10(8-21)15(23)22-13-7-11(16(18,19)20)2-3-12(13)17/h2-7H,1H3,(H,22,23). The molecule has 124 valence electrons. The fourth-order valence-corrected chi connectivity index (χ4v) is 2.82. The second-order valence-electron chi connectivity index (χ2n) is 4.78. The Morgan fingerprint density at radius 3 is 2.62 bits per heavy atom. The molecular weight excluding hydrogens is 361 g/mol. The van der Waals surface area contributed by atoms with Crippen molar-refractivity contribution in [1.82, 2.24) is 0 Å². The van der Waals surface area contributed by atoms with E-state index >= 15 is 0 Å². The lowest BCUT2D eigenvalue weighted by atomic mass is 10.1. The number of benzene rings is 1. The van der Waals surface area contributed by atoms with E-state index in [1.54, 1.807) is 11.4 Å². The van der Waals surface area contributed by atoms with Crippen LogP contribution < -0.4 is 5.32 Å². The van der Waals surface area contributed by atoms with E-state index in [0.717, 1.165) is 28.6 Å². The Balaban J connectivity index is 2.30. The van der Waals surface area contributed by atoms with Gasteiger partial charge in [0.15, 0.2) is 0 Å². The van der Waals surface area contributed by atoms with Crippen molar-refractivity contribution in [1.29, 1.82) is 5.26 Å². The van der Waals surface area contributed by atoms with E-state index in [1.807, 2.05) is 13.0 Å². The first-order chi connectivity index (χ1) is 11.2. The molecule has 0 saturated heterocycles. The third-order valence-electron chi connectivity index (χ3n) is 3.08. The highest BCUT2D eigenvalue weighted by molar-refractivity contribution is 7.11. The number of alkyl halides is 3. The number of aryl methyl sites for hydroxylation is 1. The number of hydrogen-bond donors (Lipinski definition) is 1. The number of anilines is 1. The summed E-state index contributed by atoms with van der Waals surface area (Å²) in [6, 6.07) is 6.15. The smallest absolute Gasteiger partial charge is 0.320 e. The van der Waals surface area contributed by atoms with Crippen LogP contribution in [0.1, 0.15) is 16.0 Å². The number of nitriles is 1. The van der Waals surface area contributed by atoms with Gasteiger partial charge < -0.3 is 5.32 Å². The number of hydrogen-bond acceptors (Lipinski definition) is 3. The largest absolute Gasteiger partial charge is 0.416 e. The Morgan fingerprint density at radius 1 is 1.38 bits per heavy atom. The van der Waals surface area contributed by atoms with Gasteiger partial charge in [0, 0.05) is 4.88 Å². The van der Waals surface area contributed by atoms with Crippen molar-refractivity contribution in [2.24, 2.45) is 0 Å². The first-order valence-electron chi connectivity index (χ1n) is 6.56. The van der Waals surface area contributed by atoms with Crippen LogP contribution in [0, 0.1) is 18.3 Å². The summed E-state index contributed by atoms with van der Waals surface area (Å²) in [5, 5.41) is 13.1. The van der Waals surface area contributed by atoms with Gasteiger partial charge >= 0.3 is 6.18 Å². The van der Waals surface area contributed by atoms with Crippen LogP contribution in [0.5, 0.6) is 0 Å². The molecule has 1 N–H and O–H groups in total. The van der Waals surface area contributed by atoms with E-state index in [4.69, 9.17) is 16.9 Å². The second kappa shape index (κ2) is 7.07. The van der Waals surface area contributed by atoms with E-state index in [9.17, 15) is 18.0 Å². The van der Waals surface area contributed by atoms with Crippen molar-refractivity contribution in [3.8, 4) is 6.07 Å². The number of nitrogens with zero attached hydrogens (tertiary/aromatic N) is 1. The Hall–Kier alpha value is -2.30. The van der Waals surface area contributed by atoms with Crippen LogP contribution in [0.4, 0.5) is 18.9 Å². The SMILES string of the molecule is Cc1ccsc1C=C(C#N)C(=O)Nc1cc(C(F)(F)F)ccc1Cl. The molecule has 0 fully saturated rings. The fraction of sp³-hybridized carbons (Fsp3) is 0.125. The molecule has 24 heavy (non-hydrogen) atoms. The van der Waals surface area contributed by atoms with Gasteiger partial charge in [0.2, 0.25) is 0 Å². The van der Waals surface area contributed by atoms with E-state index in [1.165, 1.54) is 17.4 Å².